The molecule has 1 nitrogen and oxygen atoms in total. The van der Waals surface area contributed by atoms with Crippen LogP contribution >= 0.6 is 11.6 Å². The van der Waals surface area contributed by atoms with Gasteiger partial charge >= 0.3 is 0 Å². The van der Waals surface area contributed by atoms with Gasteiger partial charge in [0.1, 0.15) is 0 Å². The van der Waals surface area contributed by atoms with Crippen LogP contribution in [0.15, 0.2) is 18.2 Å². The van der Waals surface area contributed by atoms with E-state index in [1.807, 2.05) is 12.1 Å². The molecule has 0 fully saturated rings. The van der Waals surface area contributed by atoms with Crippen molar-refractivity contribution in [2.24, 2.45) is 5.73 Å². The zero-order valence-electron chi connectivity index (χ0n) is 7.97. The topological polar surface area (TPSA) is 26.0 Å². The molecule has 0 bridgehead atoms. The Balaban J connectivity index is 2.59. The lowest BCUT2D eigenvalue weighted by molar-refractivity contribution is 0.481. The molecule has 0 aliphatic heterocycles. The highest BCUT2D eigenvalue weighted by Gasteiger charge is 2.34. The number of fused-ring (bicyclic) bond motifs is 1. The largest absolute Gasteiger partial charge is 0.324 e. The molecule has 1 atom stereocenters. The molecule has 1 aromatic rings. The van der Waals surface area contributed by atoms with Crippen molar-refractivity contribution in [3.63, 3.8) is 0 Å². The molecule has 2 rings (SSSR count). The average Bonchev–Trinajstić information content (AvgIpc) is 2.22. The van der Waals surface area contributed by atoms with Crippen molar-refractivity contribution in [2.75, 3.05) is 0 Å². The zero-order valence-corrected chi connectivity index (χ0v) is 8.73. The van der Waals surface area contributed by atoms with Gasteiger partial charge in [-0.1, -0.05) is 31.5 Å². The monoisotopic (exact) mass is 195 g/mol. The number of rotatable bonds is 0. The summed E-state index contributed by atoms with van der Waals surface area (Å²) >= 11 is 5.93. The van der Waals surface area contributed by atoms with Gasteiger partial charge in [0.2, 0.25) is 0 Å². The van der Waals surface area contributed by atoms with Crippen LogP contribution in [0, 0.1) is 0 Å². The molecule has 0 radical (unpaired) electrons. The van der Waals surface area contributed by atoms with Crippen LogP contribution in [-0.2, 0) is 5.41 Å². The third kappa shape index (κ3) is 1.36. The Morgan fingerprint density at radius 2 is 2.15 bits per heavy atom. The van der Waals surface area contributed by atoms with Crippen LogP contribution in [-0.4, -0.2) is 0 Å². The molecule has 2 N–H and O–H groups in total. The maximum absolute atomic E-state index is 6.03. The van der Waals surface area contributed by atoms with Crippen molar-refractivity contribution in [3.05, 3.63) is 34.3 Å². The summed E-state index contributed by atoms with van der Waals surface area (Å²) in [6.07, 6.45) is 1.02. The molecule has 1 aromatic carbocycles. The molecule has 0 saturated carbocycles. The number of benzene rings is 1. The predicted molar refractivity (Wildman–Crippen MR) is 56.0 cm³/mol. The van der Waals surface area contributed by atoms with Crippen molar-refractivity contribution in [1.82, 2.24) is 0 Å². The molecule has 0 amide bonds. The van der Waals surface area contributed by atoms with Crippen LogP contribution in [0.25, 0.3) is 0 Å². The van der Waals surface area contributed by atoms with E-state index < -0.39 is 0 Å². The van der Waals surface area contributed by atoms with E-state index >= 15 is 0 Å². The SMILES string of the molecule is CC1(C)CC(N)c2cc(Cl)ccc21. The zero-order chi connectivity index (χ0) is 9.64. The van der Waals surface area contributed by atoms with Crippen LogP contribution in [0.3, 0.4) is 0 Å². The fraction of sp³-hybridized carbons (Fsp3) is 0.455. The minimum atomic E-state index is 0.156. The summed E-state index contributed by atoms with van der Waals surface area (Å²) in [5, 5.41) is 0.784. The van der Waals surface area contributed by atoms with E-state index in [9.17, 15) is 0 Å². The summed E-state index contributed by atoms with van der Waals surface area (Å²) in [5.41, 5.74) is 8.81. The van der Waals surface area contributed by atoms with E-state index in [-0.39, 0.29) is 11.5 Å². The molecule has 1 unspecified atom stereocenters. The van der Waals surface area contributed by atoms with Gasteiger partial charge in [0, 0.05) is 11.1 Å². The molecule has 70 valence electrons. The Labute approximate surface area is 83.9 Å². The standard InChI is InChI=1S/C11H14ClN/c1-11(2)6-10(13)8-5-7(12)3-4-9(8)11/h3-5,10H,6,13H2,1-2H3. The second kappa shape index (κ2) is 2.73. The molecule has 1 aliphatic carbocycles. The van der Waals surface area contributed by atoms with Gasteiger partial charge in [0.05, 0.1) is 0 Å². The van der Waals surface area contributed by atoms with Crippen LogP contribution in [0.2, 0.25) is 5.02 Å². The maximum atomic E-state index is 6.03. The van der Waals surface area contributed by atoms with E-state index in [0.717, 1.165) is 11.4 Å². The van der Waals surface area contributed by atoms with Crippen LogP contribution in [0.4, 0.5) is 0 Å². The summed E-state index contributed by atoms with van der Waals surface area (Å²) in [5.74, 6) is 0. The third-order valence-electron chi connectivity index (χ3n) is 2.87. The van der Waals surface area contributed by atoms with Gasteiger partial charge in [0.15, 0.2) is 0 Å². The van der Waals surface area contributed by atoms with Gasteiger partial charge in [0.25, 0.3) is 0 Å². The summed E-state index contributed by atoms with van der Waals surface area (Å²) in [7, 11) is 0. The first-order chi connectivity index (χ1) is 6.00. The summed E-state index contributed by atoms with van der Waals surface area (Å²) in [4.78, 5) is 0. The molecule has 0 saturated heterocycles. The van der Waals surface area contributed by atoms with Crippen LogP contribution in [0.1, 0.15) is 37.4 Å². The van der Waals surface area contributed by atoms with Crippen LogP contribution in [0.5, 0.6) is 0 Å². The summed E-state index contributed by atoms with van der Waals surface area (Å²) in [6.45, 7) is 4.46. The van der Waals surface area contributed by atoms with E-state index in [0.29, 0.717) is 0 Å². The summed E-state index contributed by atoms with van der Waals surface area (Å²) in [6, 6.07) is 6.20. The Hall–Kier alpha value is -0.530. The van der Waals surface area contributed by atoms with Gasteiger partial charge < -0.3 is 5.73 Å². The summed E-state index contributed by atoms with van der Waals surface area (Å²) < 4.78 is 0. The second-order valence-electron chi connectivity index (χ2n) is 4.43. The fourth-order valence-electron chi connectivity index (χ4n) is 2.23. The molecule has 13 heavy (non-hydrogen) atoms. The molecule has 1 aliphatic rings. The Kier molecular flexibility index (Phi) is 1.90. The van der Waals surface area contributed by atoms with Crippen molar-refractivity contribution in [1.29, 1.82) is 0 Å². The van der Waals surface area contributed by atoms with Crippen molar-refractivity contribution in [3.8, 4) is 0 Å². The fourth-order valence-corrected chi connectivity index (χ4v) is 2.41. The van der Waals surface area contributed by atoms with Gasteiger partial charge in [-0.15, -0.1) is 0 Å². The lowest BCUT2D eigenvalue weighted by atomic mass is 9.86. The molecular formula is C11H14ClN. The maximum Gasteiger partial charge on any atom is 0.0409 e. The molecule has 0 heterocycles. The first kappa shape index (κ1) is 9.04. The number of hydrogen-bond acceptors (Lipinski definition) is 1. The number of nitrogens with two attached hydrogens (primary N) is 1. The second-order valence-corrected chi connectivity index (χ2v) is 4.86. The highest BCUT2D eigenvalue weighted by atomic mass is 35.5. The van der Waals surface area contributed by atoms with Crippen molar-refractivity contribution >= 4 is 11.6 Å². The minimum Gasteiger partial charge on any atom is -0.324 e. The Morgan fingerprint density at radius 3 is 2.85 bits per heavy atom. The van der Waals surface area contributed by atoms with E-state index in [1.54, 1.807) is 0 Å². The van der Waals surface area contributed by atoms with E-state index in [4.69, 9.17) is 17.3 Å². The highest BCUT2D eigenvalue weighted by Crippen LogP contribution is 2.43. The van der Waals surface area contributed by atoms with Gasteiger partial charge in [-0.05, 0) is 35.1 Å². The lowest BCUT2D eigenvalue weighted by Crippen LogP contribution is -2.14. The van der Waals surface area contributed by atoms with Crippen LogP contribution < -0.4 is 5.73 Å². The minimum absolute atomic E-state index is 0.156. The predicted octanol–water partition coefficient (Wildman–Crippen LogP) is 3.02. The normalized spacial score (nSPS) is 24.5. The smallest absolute Gasteiger partial charge is 0.0409 e. The average molecular weight is 196 g/mol. The molecular weight excluding hydrogens is 182 g/mol. The number of hydrogen-bond donors (Lipinski definition) is 1. The van der Waals surface area contributed by atoms with Crippen molar-refractivity contribution < 1.29 is 0 Å². The van der Waals surface area contributed by atoms with Crippen molar-refractivity contribution in [2.45, 2.75) is 31.7 Å². The number of halogens is 1. The molecule has 2 heteroatoms. The third-order valence-corrected chi connectivity index (χ3v) is 3.11. The molecule has 0 spiro atoms. The van der Waals surface area contributed by atoms with E-state index in [2.05, 4.69) is 19.9 Å². The van der Waals surface area contributed by atoms with E-state index in [1.165, 1.54) is 11.1 Å². The molecule has 0 aromatic heterocycles. The first-order valence-electron chi connectivity index (χ1n) is 4.56. The Bertz CT molecular complexity index is 344. The quantitative estimate of drug-likeness (QED) is 0.677. The Morgan fingerprint density at radius 1 is 1.46 bits per heavy atom. The highest BCUT2D eigenvalue weighted by molar-refractivity contribution is 6.30. The van der Waals surface area contributed by atoms with Gasteiger partial charge in [-0.25, -0.2) is 0 Å². The first-order valence-corrected chi connectivity index (χ1v) is 4.94. The van der Waals surface area contributed by atoms with Gasteiger partial charge in [-0.3, -0.25) is 0 Å². The van der Waals surface area contributed by atoms with Gasteiger partial charge in [-0.2, -0.15) is 0 Å². The lowest BCUT2D eigenvalue weighted by Gasteiger charge is -2.18.